The van der Waals surface area contributed by atoms with Gasteiger partial charge in [-0.15, -0.1) is 0 Å². The van der Waals surface area contributed by atoms with Gasteiger partial charge in [-0.05, 0) is 108 Å². The molecule has 2 aliphatic heterocycles. The maximum Gasteiger partial charge on any atom is 0.260 e. The van der Waals surface area contributed by atoms with Gasteiger partial charge in [0, 0.05) is 54.3 Å². The summed E-state index contributed by atoms with van der Waals surface area (Å²) in [4.78, 5) is 44.1. The Morgan fingerprint density at radius 2 is 1.07 bits per heavy atom. The number of rotatable bonds is 9. The van der Waals surface area contributed by atoms with Gasteiger partial charge >= 0.3 is 0 Å². The van der Waals surface area contributed by atoms with Gasteiger partial charge in [-0.2, -0.15) is 4.33 Å². The highest BCUT2D eigenvalue weighted by molar-refractivity contribution is 14.1. The average Bonchev–Trinajstić information content (AvgIpc) is 3.85. The molecule has 0 saturated heterocycles. The minimum absolute atomic E-state index is 0.0670. The van der Waals surface area contributed by atoms with Gasteiger partial charge in [-0.25, -0.2) is 24.7 Å². The first kappa shape index (κ1) is 42.5. The van der Waals surface area contributed by atoms with E-state index in [4.69, 9.17) is 50.7 Å². The molecule has 2 aromatic heterocycles. The number of imidazole rings is 2. The van der Waals surface area contributed by atoms with Crippen LogP contribution in [-0.4, -0.2) is 38.0 Å². The number of halogens is 7. The van der Waals surface area contributed by atoms with Crippen molar-refractivity contribution in [1.29, 1.82) is 0 Å². The maximum atomic E-state index is 13.7. The topological polar surface area (TPSA) is 94.7 Å². The fourth-order valence-electron chi connectivity index (χ4n) is 6.84. The molecule has 0 saturated carbocycles. The standard InChI is InChI=1S/C20H16BrCl2N3O3S.C19H13BrCl2IN3O/c1-20(10-12-3-5-13(21)6-4-12)18(27)26(16-8-14(22)7-15(23)9-16)19-24-17(11-25(19)20)30-29-28-2;1-19(9-11-2-4-12(20)5-3-11)17(27)26(18-24-16(23)10-25(18)19)15-7-13(21)6-14(22)8-15/h3-9,11H,10H2,1-2H3;2-8,10H,9H2,1H3. The van der Waals surface area contributed by atoms with Crippen molar-refractivity contribution >= 4 is 148 Å². The molecule has 2 aliphatic rings. The molecule has 4 heterocycles. The predicted molar refractivity (Wildman–Crippen MR) is 241 cm³/mol. The maximum absolute atomic E-state index is 13.7. The van der Waals surface area contributed by atoms with E-state index in [1.807, 2.05) is 77.7 Å². The Labute approximate surface area is 383 Å². The van der Waals surface area contributed by atoms with E-state index in [1.165, 1.54) is 12.0 Å². The molecular formula is C39H29Br2Cl4IN6O4S. The van der Waals surface area contributed by atoms with Crippen LogP contribution in [0.4, 0.5) is 23.3 Å². The molecule has 2 unspecified atom stereocenters. The van der Waals surface area contributed by atoms with Crippen LogP contribution in [0.3, 0.4) is 0 Å². The van der Waals surface area contributed by atoms with Gasteiger partial charge in [-0.3, -0.25) is 9.59 Å². The predicted octanol–water partition coefficient (Wildman–Crippen LogP) is 12.4. The third-order valence-electron chi connectivity index (χ3n) is 9.44. The second-order valence-corrected chi connectivity index (χ2v) is 18.9. The number of carbonyl (C=O) groups excluding carboxylic acids is 2. The van der Waals surface area contributed by atoms with Crippen LogP contribution in [-0.2, 0) is 42.7 Å². The summed E-state index contributed by atoms with van der Waals surface area (Å²) < 4.78 is 11.5. The lowest BCUT2D eigenvalue weighted by atomic mass is 9.92. The molecule has 10 nitrogen and oxygen atoms in total. The lowest BCUT2D eigenvalue weighted by Gasteiger charge is -2.25. The number of hydrogen-bond donors (Lipinski definition) is 0. The molecule has 57 heavy (non-hydrogen) atoms. The fraction of sp³-hybridized carbons (Fsp3) is 0.179. The monoisotopic (exact) mass is 1100 g/mol. The zero-order valence-corrected chi connectivity index (χ0v) is 39.2. The van der Waals surface area contributed by atoms with Crippen LogP contribution in [0.1, 0.15) is 25.0 Å². The van der Waals surface area contributed by atoms with Crippen molar-refractivity contribution in [3.63, 3.8) is 0 Å². The smallest absolute Gasteiger partial charge is 0.260 e. The van der Waals surface area contributed by atoms with Crippen molar-refractivity contribution in [2.24, 2.45) is 0 Å². The van der Waals surface area contributed by atoms with E-state index in [9.17, 15) is 9.59 Å². The van der Waals surface area contributed by atoms with Crippen molar-refractivity contribution in [3.05, 3.63) is 141 Å². The van der Waals surface area contributed by atoms with Crippen LogP contribution >= 0.6 is 113 Å². The molecule has 0 aliphatic carbocycles. The molecule has 18 heteroatoms. The zero-order valence-electron chi connectivity index (χ0n) is 30.0. The molecule has 8 rings (SSSR count). The fourth-order valence-corrected chi connectivity index (χ4v) is 9.29. The van der Waals surface area contributed by atoms with Gasteiger partial charge in [0.2, 0.25) is 11.9 Å². The van der Waals surface area contributed by atoms with Gasteiger partial charge in [0.25, 0.3) is 11.8 Å². The number of carbonyl (C=O) groups is 2. The normalized spacial score (nSPS) is 18.5. The SMILES string of the molecule is CC1(Cc2ccc(Br)cc2)C(=O)N(c2cc(Cl)cc(Cl)c2)c2nc(I)cn21.COOSc1cn2c(n1)N(c1cc(Cl)cc(Cl)c1)C(=O)C2(C)Cc1ccc(Br)cc1. The van der Waals surface area contributed by atoms with Gasteiger partial charge in [0.15, 0.2) is 0 Å². The van der Waals surface area contributed by atoms with E-state index in [-0.39, 0.29) is 11.8 Å². The molecule has 0 N–H and O–H groups in total. The zero-order chi connectivity index (χ0) is 40.8. The first-order valence-corrected chi connectivity index (χ1v) is 21.8. The third-order valence-corrected chi connectivity index (χ3v) is 12.5. The van der Waals surface area contributed by atoms with E-state index in [2.05, 4.69) is 69.3 Å². The third kappa shape index (κ3) is 8.68. The van der Waals surface area contributed by atoms with Gasteiger partial charge in [-0.1, -0.05) is 103 Å². The molecule has 0 radical (unpaired) electrons. The number of hydrogen-bond acceptors (Lipinski definition) is 7. The summed E-state index contributed by atoms with van der Waals surface area (Å²) in [5, 5.41) is 2.36. The second-order valence-electron chi connectivity index (χ2n) is 13.5. The van der Waals surface area contributed by atoms with E-state index >= 15 is 0 Å². The Hall–Kier alpha value is -2.64. The Morgan fingerprint density at radius 3 is 1.49 bits per heavy atom. The Morgan fingerprint density at radius 1 is 0.667 bits per heavy atom. The molecule has 294 valence electrons. The molecule has 0 fully saturated rings. The highest BCUT2D eigenvalue weighted by Gasteiger charge is 2.50. The van der Waals surface area contributed by atoms with Gasteiger partial charge < -0.3 is 9.13 Å². The van der Waals surface area contributed by atoms with Crippen LogP contribution in [0.15, 0.2) is 111 Å². The molecular weight excluding hydrogens is 1080 g/mol. The number of nitrogens with zero attached hydrogens (tertiary/aromatic N) is 6. The van der Waals surface area contributed by atoms with E-state index in [1.54, 1.807) is 47.5 Å². The summed E-state index contributed by atoms with van der Waals surface area (Å²) in [6.07, 6.45) is 4.70. The number of anilines is 4. The Balaban J connectivity index is 0.000000175. The Bertz CT molecular complexity index is 2470. The largest absolute Gasteiger partial charge is 0.300 e. The summed E-state index contributed by atoms with van der Waals surface area (Å²) in [6.45, 7) is 3.82. The molecule has 6 aromatic rings. The number of fused-ring (bicyclic) bond motifs is 2. The van der Waals surface area contributed by atoms with Crippen LogP contribution in [0.2, 0.25) is 20.1 Å². The summed E-state index contributed by atoms with van der Waals surface area (Å²) in [7, 11) is 1.41. The summed E-state index contributed by atoms with van der Waals surface area (Å²) in [6, 6.07) is 26.0. The summed E-state index contributed by atoms with van der Waals surface area (Å²) in [5.74, 6) is 0.834. The molecule has 2 amide bonds. The summed E-state index contributed by atoms with van der Waals surface area (Å²) in [5.41, 5.74) is 1.54. The minimum atomic E-state index is -0.906. The van der Waals surface area contributed by atoms with Crippen LogP contribution in [0.25, 0.3) is 0 Å². The van der Waals surface area contributed by atoms with Crippen molar-refractivity contribution in [2.45, 2.75) is 42.8 Å². The van der Waals surface area contributed by atoms with Crippen LogP contribution in [0.5, 0.6) is 0 Å². The van der Waals surface area contributed by atoms with Crippen molar-refractivity contribution in [1.82, 2.24) is 19.1 Å². The lowest BCUT2D eigenvalue weighted by molar-refractivity contribution is -0.160. The van der Waals surface area contributed by atoms with Crippen LogP contribution < -0.4 is 9.80 Å². The first-order chi connectivity index (χ1) is 27.1. The first-order valence-electron chi connectivity index (χ1n) is 16.9. The van der Waals surface area contributed by atoms with Crippen molar-refractivity contribution in [2.75, 3.05) is 16.9 Å². The number of aromatic nitrogens is 4. The lowest BCUT2D eigenvalue weighted by Crippen LogP contribution is -2.40. The Kier molecular flexibility index (Phi) is 12.8. The van der Waals surface area contributed by atoms with E-state index in [0.717, 1.165) is 35.8 Å². The molecule has 0 spiro atoms. The quantitative estimate of drug-likeness (QED) is 0.0616. The van der Waals surface area contributed by atoms with E-state index < -0.39 is 11.1 Å². The minimum Gasteiger partial charge on any atom is -0.300 e. The number of benzene rings is 4. The van der Waals surface area contributed by atoms with Crippen molar-refractivity contribution < 1.29 is 18.8 Å². The highest BCUT2D eigenvalue weighted by Crippen LogP contribution is 2.45. The summed E-state index contributed by atoms with van der Waals surface area (Å²) >= 11 is 34.8. The molecule has 2 atom stereocenters. The van der Waals surface area contributed by atoms with E-state index in [0.29, 0.717) is 61.2 Å². The van der Waals surface area contributed by atoms with Crippen LogP contribution in [0, 0.1) is 3.70 Å². The van der Waals surface area contributed by atoms with Gasteiger partial charge in [0.1, 0.15) is 19.8 Å². The second kappa shape index (κ2) is 17.1. The molecule has 4 aromatic carbocycles. The van der Waals surface area contributed by atoms with Crippen molar-refractivity contribution in [3.8, 4) is 0 Å². The highest BCUT2D eigenvalue weighted by atomic mass is 127. The molecule has 0 bridgehead atoms. The average molecular weight is 1110 g/mol. The van der Waals surface area contributed by atoms with Gasteiger partial charge in [0.05, 0.1) is 30.5 Å². The number of amides is 2.